The lowest BCUT2D eigenvalue weighted by Crippen LogP contribution is -2.08. The predicted molar refractivity (Wildman–Crippen MR) is 103 cm³/mol. The zero-order valence-corrected chi connectivity index (χ0v) is 18.2. The van der Waals surface area contributed by atoms with E-state index in [4.69, 9.17) is 27.9 Å². The summed E-state index contributed by atoms with van der Waals surface area (Å²) in [7, 11) is -6.45. The molecule has 0 aliphatic rings. The van der Waals surface area contributed by atoms with Crippen LogP contribution in [0.4, 0.5) is 0 Å². The number of methoxy groups -OCH3 is 1. The van der Waals surface area contributed by atoms with Crippen molar-refractivity contribution >= 4 is 58.8 Å². The number of rotatable bonds is 5. The number of sulfone groups is 2. The molecule has 0 saturated carbocycles. The molecule has 0 spiro atoms. The van der Waals surface area contributed by atoms with Gasteiger partial charge in [-0.05, 0) is 34.1 Å². The van der Waals surface area contributed by atoms with Gasteiger partial charge in [0.15, 0.2) is 19.7 Å². The number of hydrogen-bond acceptors (Lipinski definition) is 6. The van der Waals surface area contributed by atoms with Crippen molar-refractivity contribution in [3.63, 3.8) is 0 Å². The third kappa shape index (κ3) is 4.45. The van der Waals surface area contributed by atoms with Gasteiger partial charge in [-0.1, -0.05) is 23.2 Å². The molecular weight excluding hydrogens is 491 g/mol. The summed E-state index contributed by atoms with van der Waals surface area (Å²) < 4.78 is 54.3. The van der Waals surface area contributed by atoms with Crippen LogP contribution < -0.4 is 4.74 Å². The van der Waals surface area contributed by atoms with E-state index >= 15 is 0 Å². The minimum absolute atomic E-state index is 0.0128. The van der Waals surface area contributed by atoms with E-state index in [2.05, 4.69) is 15.9 Å². The molecular formula is C15H13BrCl2O6S2. The zero-order valence-electron chi connectivity index (χ0n) is 13.5. The SMILES string of the molecule is COc1cc(S(=O)(=O)Cc2cc(Cl)cc(S(C)(=O)=O)c2O)c(Br)cc1Cl. The van der Waals surface area contributed by atoms with Gasteiger partial charge in [0.2, 0.25) is 0 Å². The van der Waals surface area contributed by atoms with E-state index in [9.17, 15) is 21.9 Å². The Bertz CT molecular complexity index is 1080. The Kier molecular flexibility index (Phi) is 6.19. The minimum Gasteiger partial charge on any atom is -0.506 e. The zero-order chi connectivity index (χ0) is 19.9. The third-order valence-corrected chi connectivity index (χ3v) is 7.65. The van der Waals surface area contributed by atoms with Crippen molar-refractivity contribution in [1.29, 1.82) is 0 Å². The van der Waals surface area contributed by atoms with Gasteiger partial charge in [0, 0.05) is 27.4 Å². The number of ether oxygens (including phenoxy) is 1. The Morgan fingerprint density at radius 1 is 1.08 bits per heavy atom. The summed E-state index contributed by atoms with van der Waals surface area (Å²) in [5.41, 5.74) is -0.140. The van der Waals surface area contributed by atoms with Crippen molar-refractivity contribution in [2.45, 2.75) is 15.5 Å². The molecule has 0 fully saturated rings. The van der Waals surface area contributed by atoms with Gasteiger partial charge in [0.1, 0.15) is 16.4 Å². The molecule has 1 N–H and O–H groups in total. The van der Waals surface area contributed by atoms with E-state index in [1.807, 2.05) is 0 Å². The third-order valence-electron chi connectivity index (χ3n) is 3.41. The van der Waals surface area contributed by atoms with E-state index in [0.717, 1.165) is 12.3 Å². The second-order valence-electron chi connectivity index (χ2n) is 5.36. The van der Waals surface area contributed by atoms with Crippen molar-refractivity contribution in [2.24, 2.45) is 0 Å². The summed E-state index contributed by atoms with van der Waals surface area (Å²) in [6, 6.07) is 4.86. The lowest BCUT2D eigenvalue weighted by Gasteiger charge is -2.13. The van der Waals surface area contributed by atoms with E-state index in [-0.39, 0.29) is 30.7 Å². The van der Waals surface area contributed by atoms with Crippen LogP contribution in [0.25, 0.3) is 0 Å². The van der Waals surface area contributed by atoms with E-state index in [0.29, 0.717) is 0 Å². The number of hydrogen-bond donors (Lipinski definition) is 1. The first-order valence-corrected chi connectivity index (χ1v) is 11.9. The number of benzene rings is 2. The lowest BCUT2D eigenvalue weighted by atomic mass is 10.2. The van der Waals surface area contributed by atoms with Crippen LogP contribution in [-0.4, -0.2) is 35.3 Å². The van der Waals surface area contributed by atoms with Crippen LogP contribution in [0.15, 0.2) is 38.5 Å². The standard InChI is InChI=1S/C15H13BrCl2O6S2/c1-24-12-6-13(10(16)5-11(12)18)26(22,23)7-8-3-9(17)4-14(15(8)19)25(2,20)21/h3-6,19H,7H2,1-2H3. The number of phenolic OH excluding ortho intramolecular Hbond substituents is 1. The summed E-state index contributed by atoms with van der Waals surface area (Å²) in [6.07, 6.45) is 0.886. The average Bonchev–Trinajstić information content (AvgIpc) is 2.49. The molecule has 6 nitrogen and oxygen atoms in total. The Labute approximate surface area is 169 Å². The summed E-state index contributed by atoms with van der Waals surface area (Å²) in [5.74, 6) is -1.18. The molecule has 0 unspecified atom stereocenters. The molecule has 142 valence electrons. The molecule has 0 bridgehead atoms. The molecule has 11 heteroatoms. The molecule has 2 aromatic rings. The van der Waals surface area contributed by atoms with Crippen LogP contribution in [0, 0.1) is 0 Å². The highest BCUT2D eigenvalue weighted by Gasteiger charge is 2.25. The number of halogens is 3. The molecule has 2 rings (SSSR count). The predicted octanol–water partition coefficient (Wildman–Crippen LogP) is 3.85. The smallest absolute Gasteiger partial charge is 0.183 e. The quantitative estimate of drug-likeness (QED) is 0.665. The Morgan fingerprint density at radius 3 is 2.23 bits per heavy atom. The highest BCUT2D eigenvalue weighted by Crippen LogP contribution is 2.37. The maximum atomic E-state index is 12.8. The van der Waals surface area contributed by atoms with Gasteiger partial charge in [-0.3, -0.25) is 0 Å². The van der Waals surface area contributed by atoms with Gasteiger partial charge in [-0.2, -0.15) is 0 Å². The van der Waals surface area contributed by atoms with E-state index in [1.54, 1.807) is 0 Å². The molecule has 0 heterocycles. The van der Waals surface area contributed by atoms with E-state index in [1.165, 1.54) is 25.3 Å². The molecule has 0 saturated heterocycles. The van der Waals surface area contributed by atoms with Gasteiger partial charge in [0.05, 0.1) is 22.8 Å². The molecule has 26 heavy (non-hydrogen) atoms. The summed E-state index contributed by atoms with van der Waals surface area (Å²) in [4.78, 5) is -0.568. The summed E-state index contributed by atoms with van der Waals surface area (Å²) in [6.45, 7) is 0. The molecule has 0 amide bonds. The Hall–Kier alpha value is -1.00. The topological polar surface area (TPSA) is 97.7 Å². The highest BCUT2D eigenvalue weighted by molar-refractivity contribution is 9.10. The van der Waals surface area contributed by atoms with Gasteiger partial charge < -0.3 is 9.84 Å². The van der Waals surface area contributed by atoms with Gasteiger partial charge in [0.25, 0.3) is 0 Å². The normalized spacial score (nSPS) is 12.2. The lowest BCUT2D eigenvalue weighted by molar-refractivity contribution is 0.413. The molecule has 0 aromatic heterocycles. The van der Waals surface area contributed by atoms with E-state index < -0.39 is 36.1 Å². The van der Waals surface area contributed by atoms with Gasteiger partial charge >= 0.3 is 0 Å². The largest absolute Gasteiger partial charge is 0.506 e. The Balaban J connectivity index is 2.60. The average molecular weight is 504 g/mol. The molecule has 0 aliphatic carbocycles. The molecule has 0 aliphatic heterocycles. The maximum Gasteiger partial charge on any atom is 0.183 e. The minimum atomic E-state index is -3.99. The first-order chi connectivity index (χ1) is 11.9. The fraction of sp³-hybridized carbons (Fsp3) is 0.200. The fourth-order valence-electron chi connectivity index (χ4n) is 2.21. The van der Waals surface area contributed by atoms with Gasteiger partial charge in [-0.15, -0.1) is 0 Å². The number of phenols is 1. The van der Waals surface area contributed by atoms with Crippen molar-refractivity contribution in [3.8, 4) is 11.5 Å². The summed E-state index contributed by atoms with van der Waals surface area (Å²) >= 11 is 15.0. The number of aromatic hydroxyl groups is 1. The van der Waals surface area contributed by atoms with Crippen LogP contribution in [0.1, 0.15) is 5.56 Å². The second-order valence-corrected chi connectivity index (χ2v) is 11.0. The Morgan fingerprint density at radius 2 is 1.69 bits per heavy atom. The van der Waals surface area contributed by atoms with Crippen molar-refractivity contribution in [1.82, 2.24) is 0 Å². The molecule has 2 aromatic carbocycles. The van der Waals surface area contributed by atoms with Gasteiger partial charge in [-0.25, -0.2) is 16.8 Å². The first-order valence-electron chi connectivity index (χ1n) is 6.84. The highest BCUT2D eigenvalue weighted by atomic mass is 79.9. The first kappa shape index (κ1) is 21.3. The van der Waals surface area contributed by atoms with Crippen LogP contribution in [0.3, 0.4) is 0 Å². The van der Waals surface area contributed by atoms with Crippen molar-refractivity contribution in [3.05, 3.63) is 44.3 Å². The van der Waals surface area contributed by atoms with Crippen LogP contribution >= 0.6 is 39.1 Å². The second kappa shape index (κ2) is 7.55. The van der Waals surface area contributed by atoms with Crippen LogP contribution in [0.5, 0.6) is 11.5 Å². The van der Waals surface area contributed by atoms with Crippen LogP contribution in [-0.2, 0) is 25.4 Å². The monoisotopic (exact) mass is 502 g/mol. The summed E-state index contributed by atoms with van der Waals surface area (Å²) in [5, 5.41) is 10.4. The molecule has 0 atom stereocenters. The van der Waals surface area contributed by atoms with Crippen LogP contribution in [0.2, 0.25) is 10.0 Å². The maximum absolute atomic E-state index is 12.8. The van der Waals surface area contributed by atoms with Crippen molar-refractivity contribution < 1.29 is 26.7 Å². The molecule has 0 radical (unpaired) electrons. The fourth-order valence-corrected chi connectivity index (χ4v) is 6.22. The van der Waals surface area contributed by atoms with Crippen molar-refractivity contribution in [2.75, 3.05) is 13.4 Å².